The van der Waals surface area contributed by atoms with Crippen molar-refractivity contribution in [3.8, 4) is 5.75 Å². The van der Waals surface area contributed by atoms with Crippen LogP contribution < -0.4 is 10.1 Å². The first-order valence-corrected chi connectivity index (χ1v) is 9.56. The van der Waals surface area contributed by atoms with E-state index in [1.807, 2.05) is 30.5 Å². The maximum atomic E-state index is 12.6. The van der Waals surface area contributed by atoms with E-state index in [9.17, 15) is 4.79 Å². The monoisotopic (exact) mass is 359 g/mol. The van der Waals surface area contributed by atoms with Crippen LogP contribution in [0.3, 0.4) is 0 Å². The molecule has 3 rings (SSSR count). The molecular weight excluding hydrogens is 334 g/mol. The van der Waals surface area contributed by atoms with Gasteiger partial charge in [0.15, 0.2) is 5.13 Å². The number of rotatable bonds is 5. The van der Waals surface area contributed by atoms with Crippen LogP contribution in [-0.2, 0) is 6.54 Å². The van der Waals surface area contributed by atoms with Crippen LogP contribution in [0.25, 0.3) is 0 Å². The van der Waals surface area contributed by atoms with Gasteiger partial charge < -0.3 is 4.74 Å². The number of hydrogen-bond acceptors (Lipinski definition) is 5. The maximum Gasteiger partial charge on any atom is 0.261 e. The number of aryl methyl sites for hydroxylation is 1. The Morgan fingerprint density at radius 3 is 3.08 bits per heavy atom. The van der Waals surface area contributed by atoms with Crippen molar-refractivity contribution >= 4 is 22.4 Å². The molecule has 1 fully saturated rings. The number of carbonyl (C=O) groups is 1. The maximum absolute atomic E-state index is 12.6. The molecule has 1 N–H and O–H groups in total. The molecule has 1 aromatic carbocycles. The molecule has 2 heterocycles. The Morgan fingerprint density at radius 1 is 1.48 bits per heavy atom. The molecule has 1 aromatic heterocycles. The number of benzene rings is 1. The molecular formula is C19H25N3O2S. The lowest BCUT2D eigenvalue weighted by Crippen LogP contribution is -2.33. The van der Waals surface area contributed by atoms with Gasteiger partial charge in [-0.05, 0) is 44.4 Å². The fourth-order valence-corrected chi connectivity index (χ4v) is 3.96. The molecule has 5 nitrogen and oxygen atoms in total. The number of methoxy groups -OCH3 is 1. The number of thiazole rings is 1. The number of amides is 1. The Morgan fingerprint density at radius 2 is 2.32 bits per heavy atom. The Balaban J connectivity index is 1.65. The van der Waals surface area contributed by atoms with Crippen molar-refractivity contribution in [1.29, 1.82) is 0 Å². The number of anilines is 1. The zero-order chi connectivity index (χ0) is 17.8. The Kier molecular flexibility index (Phi) is 5.71. The molecule has 0 aliphatic carbocycles. The van der Waals surface area contributed by atoms with Gasteiger partial charge in [0.05, 0.1) is 18.4 Å². The molecule has 0 bridgehead atoms. The second-order valence-corrected chi connectivity index (χ2v) is 7.64. The highest BCUT2D eigenvalue weighted by atomic mass is 32.1. The number of nitrogens with zero attached hydrogens (tertiary/aromatic N) is 2. The van der Waals surface area contributed by atoms with Gasteiger partial charge in [0.2, 0.25) is 0 Å². The predicted molar refractivity (Wildman–Crippen MR) is 101 cm³/mol. The van der Waals surface area contributed by atoms with Crippen molar-refractivity contribution in [1.82, 2.24) is 9.88 Å². The second-order valence-electron chi connectivity index (χ2n) is 6.78. The summed E-state index contributed by atoms with van der Waals surface area (Å²) in [7, 11) is 1.57. The third kappa shape index (κ3) is 4.58. The van der Waals surface area contributed by atoms with Gasteiger partial charge in [-0.3, -0.25) is 15.0 Å². The largest absolute Gasteiger partial charge is 0.496 e. The van der Waals surface area contributed by atoms with Crippen molar-refractivity contribution in [2.75, 3.05) is 25.5 Å². The van der Waals surface area contributed by atoms with Gasteiger partial charge in [-0.1, -0.05) is 18.6 Å². The van der Waals surface area contributed by atoms with E-state index in [-0.39, 0.29) is 5.91 Å². The number of aromatic nitrogens is 1. The van der Waals surface area contributed by atoms with E-state index in [4.69, 9.17) is 4.74 Å². The third-order valence-electron chi connectivity index (χ3n) is 4.50. The molecule has 2 aromatic rings. The zero-order valence-corrected chi connectivity index (χ0v) is 15.9. The molecule has 1 aliphatic rings. The van der Waals surface area contributed by atoms with Crippen LogP contribution >= 0.6 is 11.3 Å². The number of piperidine rings is 1. The fraction of sp³-hybridized carbons (Fsp3) is 0.474. The normalized spacial score (nSPS) is 18.1. The molecule has 1 aliphatic heterocycles. The molecule has 1 saturated heterocycles. The minimum Gasteiger partial charge on any atom is -0.496 e. The average Bonchev–Trinajstić information content (AvgIpc) is 3.01. The molecule has 25 heavy (non-hydrogen) atoms. The summed E-state index contributed by atoms with van der Waals surface area (Å²) < 4.78 is 5.29. The van der Waals surface area contributed by atoms with E-state index in [1.54, 1.807) is 7.11 Å². The topological polar surface area (TPSA) is 54.5 Å². The van der Waals surface area contributed by atoms with Crippen LogP contribution in [0.5, 0.6) is 5.75 Å². The van der Waals surface area contributed by atoms with Gasteiger partial charge in [0.1, 0.15) is 5.75 Å². The second kappa shape index (κ2) is 7.97. The molecule has 0 saturated carbocycles. The summed E-state index contributed by atoms with van der Waals surface area (Å²) in [4.78, 5) is 19.6. The van der Waals surface area contributed by atoms with Gasteiger partial charge >= 0.3 is 0 Å². The summed E-state index contributed by atoms with van der Waals surface area (Å²) in [6.45, 7) is 7.36. The van der Waals surface area contributed by atoms with E-state index in [2.05, 4.69) is 22.1 Å². The van der Waals surface area contributed by atoms with E-state index in [1.165, 1.54) is 24.2 Å². The van der Waals surface area contributed by atoms with Crippen LogP contribution in [0, 0.1) is 12.8 Å². The Hall–Kier alpha value is -1.92. The SMILES string of the molecule is COc1ccc(C)cc1C(=O)Nc1nc(CN2CCCC(C)C2)cs1. The van der Waals surface area contributed by atoms with Crippen LogP contribution in [0.2, 0.25) is 0 Å². The summed E-state index contributed by atoms with van der Waals surface area (Å²) in [5.41, 5.74) is 2.57. The van der Waals surface area contributed by atoms with Crippen molar-refractivity contribution < 1.29 is 9.53 Å². The van der Waals surface area contributed by atoms with Crippen LogP contribution in [0.4, 0.5) is 5.13 Å². The molecule has 1 unspecified atom stereocenters. The lowest BCUT2D eigenvalue weighted by Gasteiger charge is -2.30. The summed E-state index contributed by atoms with van der Waals surface area (Å²) in [6.07, 6.45) is 2.56. The summed E-state index contributed by atoms with van der Waals surface area (Å²) >= 11 is 1.47. The predicted octanol–water partition coefficient (Wildman–Crippen LogP) is 3.94. The Labute approximate surface area is 153 Å². The highest BCUT2D eigenvalue weighted by Gasteiger charge is 2.18. The van der Waals surface area contributed by atoms with Crippen molar-refractivity contribution in [2.45, 2.75) is 33.2 Å². The van der Waals surface area contributed by atoms with Crippen LogP contribution in [-0.4, -0.2) is 36.0 Å². The first kappa shape index (κ1) is 17.9. The molecule has 0 spiro atoms. The van der Waals surface area contributed by atoms with Gasteiger partial charge in [-0.15, -0.1) is 11.3 Å². The number of carbonyl (C=O) groups excluding carboxylic acids is 1. The minimum atomic E-state index is -0.187. The average molecular weight is 359 g/mol. The first-order chi connectivity index (χ1) is 12.0. The van der Waals surface area contributed by atoms with Crippen molar-refractivity contribution in [2.24, 2.45) is 5.92 Å². The Bertz CT molecular complexity index is 744. The highest BCUT2D eigenvalue weighted by Crippen LogP contribution is 2.24. The number of ether oxygens (including phenoxy) is 1. The van der Waals surface area contributed by atoms with Crippen molar-refractivity contribution in [3.05, 3.63) is 40.4 Å². The number of nitrogens with one attached hydrogen (secondary N) is 1. The van der Waals surface area contributed by atoms with Gasteiger partial charge in [0.25, 0.3) is 5.91 Å². The van der Waals surface area contributed by atoms with Crippen LogP contribution in [0.1, 0.15) is 41.4 Å². The standard InChI is InChI=1S/C19H25N3O2S/c1-13-6-7-17(24-3)16(9-13)18(23)21-19-20-15(12-25-19)11-22-8-4-5-14(2)10-22/h6-7,9,12,14H,4-5,8,10-11H2,1-3H3,(H,20,21,23). The summed E-state index contributed by atoms with van der Waals surface area (Å²) in [6, 6.07) is 5.57. The van der Waals surface area contributed by atoms with E-state index in [0.29, 0.717) is 16.4 Å². The highest BCUT2D eigenvalue weighted by molar-refractivity contribution is 7.14. The van der Waals surface area contributed by atoms with Crippen molar-refractivity contribution in [3.63, 3.8) is 0 Å². The molecule has 6 heteroatoms. The van der Waals surface area contributed by atoms with Gasteiger partial charge in [-0.25, -0.2) is 4.98 Å². The summed E-state index contributed by atoms with van der Waals surface area (Å²) in [5, 5.41) is 5.56. The molecule has 134 valence electrons. The molecule has 1 atom stereocenters. The lowest BCUT2D eigenvalue weighted by molar-refractivity contribution is 0.102. The quantitative estimate of drug-likeness (QED) is 0.878. The van der Waals surface area contributed by atoms with Gasteiger partial charge in [-0.2, -0.15) is 0 Å². The van der Waals surface area contributed by atoms with E-state index < -0.39 is 0 Å². The summed E-state index contributed by atoms with van der Waals surface area (Å²) in [5.74, 6) is 1.13. The first-order valence-electron chi connectivity index (χ1n) is 8.68. The lowest BCUT2D eigenvalue weighted by atomic mass is 10.0. The van der Waals surface area contributed by atoms with Crippen LogP contribution in [0.15, 0.2) is 23.6 Å². The van der Waals surface area contributed by atoms with E-state index in [0.717, 1.165) is 36.8 Å². The third-order valence-corrected chi connectivity index (χ3v) is 5.31. The molecule has 1 amide bonds. The van der Waals surface area contributed by atoms with Gasteiger partial charge in [0, 0.05) is 18.5 Å². The smallest absolute Gasteiger partial charge is 0.261 e. The molecule has 0 radical (unpaired) electrons. The minimum absolute atomic E-state index is 0.187. The number of likely N-dealkylation sites (tertiary alicyclic amines) is 1. The zero-order valence-electron chi connectivity index (χ0n) is 15.0. The fourth-order valence-electron chi connectivity index (χ4n) is 3.26. The number of hydrogen-bond donors (Lipinski definition) is 1. The van der Waals surface area contributed by atoms with E-state index >= 15 is 0 Å².